The van der Waals surface area contributed by atoms with Crippen LogP contribution in [0.4, 0.5) is 0 Å². The van der Waals surface area contributed by atoms with E-state index in [9.17, 15) is 19.7 Å². The Morgan fingerprint density at radius 1 is 1.24 bits per heavy atom. The standard InChI is InChI=1S/C17H16N2O6/c1-11(25-19(22)23)24-17(21)13-9-10-18-14(13)7-8-15(18)16(20)12-5-3-2-4-6-12/h2-8,11,13H,9-10H2,1H3. The molecule has 0 saturated carbocycles. The van der Waals surface area contributed by atoms with Gasteiger partial charge in [-0.3, -0.25) is 14.4 Å². The van der Waals surface area contributed by atoms with Crippen LogP contribution >= 0.6 is 0 Å². The predicted molar refractivity (Wildman–Crippen MR) is 85.3 cm³/mol. The molecule has 1 aromatic carbocycles. The summed E-state index contributed by atoms with van der Waals surface area (Å²) in [6.45, 7) is 1.78. The second kappa shape index (κ2) is 6.76. The van der Waals surface area contributed by atoms with E-state index in [0.717, 1.165) is 0 Å². The molecule has 2 atom stereocenters. The van der Waals surface area contributed by atoms with Crippen molar-refractivity contribution in [2.75, 3.05) is 0 Å². The first kappa shape index (κ1) is 16.7. The molecule has 8 heteroatoms. The molecule has 0 N–H and O–H groups in total. The highest BCUT2D eigenvalue weighted by atomic mass is 17.0. The Hall–Kier alpha value is -3.16. The van der Waals surface area contributed by atoms with Crippen LogP contribution in [0.5, 0.6) is 0 Å². The second-order valence-corrected chi connectivity index (χ2v) is 5.67. The molecule has 0 aliphatic carbocycles. The summed E-state index contributed by atoms with van der Waals surface area (Å²) in [7, 11) is 0. The zero-order chi connectivity index (χ0) is 18.0. The summed E-state index contributed by atoms with van der Waals surface area (Å²) in [5.74, 6) is -1.30. The van der Waals surface area contributed by atoms with Crippen LogP contribution in [0.2, 0.25) is 0 Å². The van der Waals surface area contributed by atoms with Crippen molar-refractivity contribution >= 4 is 11.8 Å². The fourth-order valence-electron chi connectivity index (χ4n) is 3.01. The van der Waals surface area contributed by atoms with Crippen LogP contribution in [0, 0.1) is 10.1 Å². The zero-order valence-electron chi connectivity index (χ0n) is 13.5. The van der Waals surface area contributed by atoms with E-state index in [2.05, 4.69) is 4.84 Å². The molecule has 0 saturated heterocycles. The Bertz CT molecular complexity index is 814. The third-order valence-corrected chi connectivity index (χ3v) is 4.08. The SMILES string of the molecule is CC(OC(=O)C1CCn2c(C(=O)c3ccccc3)ccc21)O[N+](=O)[O-]. The average molecular weight is 344 g/mol. The van der Waals surface area contributed by atoms with E-state index < -0.39 is 23.3 Å². The van der Waals surface area contributed by atoms with Gasteiger partial charge in [0, 0.05) is 17.8 Å². The Labute approximate surface area is 143 Å². The van der Waals surface area contributed by atoms with Crippen molar-refractivity contribution in [2.24, 2.45) is 0 Å². The first-order valence-electron chi connectivity index (χ1n) is 7.78. The van der Waals surface area contributed by atoms with Crippen molar-refractivity contribution in [3.05, 3.63) is 69.5 Å². The minimum atomic E-state index is -1.28. The first-order valence-corrected chi connectivity index (χ1v) is 7.78. The van der Waals surface area contributed by atoms with Crippen molar-refractivity contribution in [1.82, 2.24) is 4.57 Å². The van der Waals surface area contributed by atoms with Gasteiger partial charge in [-0.1, -0.05) is 30.3 Å². The maximum Gasteiger partial charge on any atom is 0.317 e. The van der Waals surface area contributed by atoms with Crippen LogP contribution in [0.1, 0.15) is 41.0 Å². The van der Waals surface area contributed by atoms with Gasteiger partial charge in [0.2, 0.25) is 12.1 Å². The summed E-state index contributed by atoms with van der Waals surface area (Å²) < 4.78 is 6.75. The topological polar surface area (TPSA) is 101 Å². The first-order chi connectivity index (χ1) is 12.0. The number of carbonyl (C=O) groups is 2. The third-order valence-electron chi connectivity index (χ3n) is 4.08. The summed E-state index contributed by atoms with van der Waals surface area (Å²) in [6, 6.07) is 12.3. The quantitative estimate of drug-likeness (QED) is 0.262. The number of hydrogen-bond donors (Lipinski definition) is 0. The molecule has 1 aliphatic rings. The third kappa shape index (κ3) is 3.37. The summed E-state index contributed by atoms with van der Waals surface area (Å²) in [5.41, 5.74) is 1.74. The normalized spacial score (nSPS) is 16.8. The summed E-state index contributed by atoms with van der Waals surface area (Å²) in [5, 5.41) is 9.27. The lowest BCUT2D eigenvalue weighted by atomic mass is 10.1. The highest BCUT2D eigenvalue weighted by molar-refractivity contribution is 6.08. The van der Waals surface area contributed by atoms with Gasteiger partial charge in [0.25, 0.3) is 5.09 Å². The van der Waals surface area contributed by atoms with E-state index >= 15 is 0 Å². The maximum absolute atomic E-state index is 12.6. The number of ketones is 1. The number of esters is 1. The van der Waals surface area contributed by atoms with E-state index in [1.54, 1.807) is 41.0 Å². The van der Waals surface area contributed by atoms with Crippen molar-refractivity contribution < 1.29 is 24.3 Å². The number of carbonyl (C=O) groups excluding carboxylic acids is 2. The van der Waals surface area contributed by atoms with Gasteiger partial charge >= 0.3 is 5.97 Å². The number of ether oxygens (including phenoxy) is 1. The number of aromatic nitrogens is 1. The van der Waals surface area contributed by atoms with Crippen LogP contribution < -0.4 is 0 Å². The molecule has 1 aliphatic heterocycles. The van der Waals surface area contributed by atoms with Crippen molar-refractivity contribution in [1.29, 1.82) is 0 Å². The van der Waals surface area contributed by atoms with Gasteiger partial charge in [-0.2, -0.15) is 0 Å². The lowest BCUT2D eigenvalue weighted by Gasteiger charge is -2.14. The number of hydrogen-bond acceptors (Lipinski definition) is 6. The van der Waals surface area contributed by atoms with Crippen LogP contribution in [0.3, 0.4) is 0 Å². The highest BCUT2D eigenvalue weighted by Crippen LogP contribution is 2.32. The molecule has 0 spiro atoms. The molecule has 130 valence electrons. The molecule has 3 rings (SSSR count). The highest BCUT2D eigenvalue weighted by Gasteiger charge is 2.34. The van der Waals surface area contributed by atoms with Crippen LogP contribution in [-0.4, -0.2) is 27.7 Å². The van der Waals surface area contributed by atoms with E-state index in [1.807, 2.05) is 6.07 Å². The maximum atomic E-state index is 12.6. The van der Waals surface area contributed by atoms with Crippen LogP contribution in [0.25, 0.3) is 0 Å². The molecular formula is C17H16N2O6. The van der Waals surface area contributed by atoms with Crippen molar-refractivity contribution in [3.63, 3.8) is 0 Å². The molecule has 1 aromatic heterocycles. The lowest BCUT2D eigenvalue weighted by Crippen LogP contribution is -2.24. The molecule has 2 unspecified atom stereocenters. The number of fused-ring (bicyclic) bond motifs is 1. The Kier molecular flexibility index (Phi) is 4.51. The predicted octanol–water partition coefficient (Wildman–Crippen LogP) is 2.30. The monoisotopic (exact) mass is 344 g/mol. The van der Waals surface area contributed by atoms with Gasteiger partial charge in [0.15, 0.2) is 0 Å². The molecule has 0 bridgehead atoms. The molecule has 2 aromatic rings. The number of nitrogens with zero attached hydrogens (tertiary/aromatic N) is 2. The van der Waals surface area contributed by atoms with Crippen LogP contribution in [0.15, 0.2) is 42.5 Å². The van der Waals surface area contributed by atoms with Crippen molar-refractivity contribution in [3.8, 4) is 0 Å². The number of benzene rings is 1. The van der Waals surface area contributed by atoms with Gasteiger partial charge < -0.3 is 9.30 Å². The van der Waals surface area contributed by atoms with Gasteiger partial charge in [-0.25, -0.2) is 0 Å². The molecule has 0 amide bonds. The zero-order valence-corrected chi connectivity index (χ0v) is 13.5. The molecule has 8 nitrogen and oxygen atoms in total. The minimum Gasteiger partial charge on any atom is -0.435 e. The lowest BCUT2D eigenvalue weighted by molar-refractivity contribution is -0.777. The fourth-order valence-corrected chi connectivity index (χ4v) is 3.01. The summed E-state index contributed by atoms with van der Waals surface area (Å²) in [4.78, 5) is 39.3. The van der Waals surface area contributed by atoms with E-state index in [1.165, 1.54) is 6.92 Å². The van der Waals surface area contributed by atoms with Gasteiger partial charge in [-0.05, 0) is 25.5 Å². The average Bonchev–Trinajstić information content (AvgIpc) is 3.15. The fraction of sp³-hybridized carbons (Fsp3) is 0.294. The van der Waals surface area contributed by atoms with E-state index in [0.29, 0.717) is 29.9 Å². The van der Waals surface area contributed by atoms with Crippen molar-refractivity contribution in [2.45, 2.75) is 32.1 Å². The molecule has 25 heavy (non-hydrogen) atoms. The van der Waals surface area contributed by atoms with Gasteiger partial charge in [0.1, 0.15) is 0 Å². The minimum absolute atomic E-state index is 0.120. The molecule has 0 fully saturated rings. The summed E-state index contributed by atoms with van der Waals surface area (Å²) in [6.07, 6.45) is -0.813. The molecular weight excluding hydrogens is 328 g/mol. The Balaban J connectivity index is 1.76. The number of rotatable bonds is 6. The van der Waals surface area contributed by atoms with E-state index in [-0.39, 0.29) is 5.78 Å². The summed E-state index contributed by atoms with van der Waals surface area (Å²) >= 11 is 0. The smallest absolute Gasteiger partial charge is 0.317 e. The van der Waals surface area contributed by atoms with E-state index in [4.69, 9.17) is 4.74 Å². The Morgan fingerprint density at radius 3 is 2.64 bits per heavy atom. The largest absolute Gasteiger partial charge is 0.435 e. The van der Waals surface area contributed by atoms with Gasteiger partial charge in [0.05, 0.1) is 11.6 Å². The Morgan fingerprint density at radius 2 is 1.96 bits per heavy atom. The molecule has 0 radical (unpaired) electrons. The van der Waals surface area contributed by atoms with Crippen LogP contribution in [-0.2, 0) is 20.9 Å². The molecule has 2 heterocycles. The van der Waals surface area contributed by atoms with Gasteiger partial charge in [-0.15, -0.1) is 10.1 Å². The second-order valence-electron chi connectivity index (χ2n) is 5.67.